The number of methoxy groups -OCH3 is 1. The minimum atomic E-state index is 0.218. The molecule has 0 radical (unpaired) electrons. The minimum Gasteiger partial charge on any atom is -0.359 e. The predicted molar refractivity (Wildman–Crippen MR) is 51.8 cm³/mol. The molecule has 2 aliphatic rings. The molecule has 0 aromatic rings. The van der Waals surface area contributed by atoms with E-state index in [2.05, 4.69) is 6.92 Å². The molecule has 0 spiro atoms. The Balaban J connectivity index is 2.00. The molecule has 0 aromatic heterocycles. The van der Waals surface area contributed by atoms with E-state index in [9.17, 15) is 4.79 Å². The Morgan fingerprint density at radius 3 is 3.07 bits per heavy atom. The first-order valence-electron chi connectivity index (χ1n) is 5.28. The monoisotopic (exact) mass is 198 g/mol. The van der Waals surface area contributed by atoms with Gasteiger partial charge in [-0.15, -0.1) is 0 Å². The number of ether oxygens (including phenoxy) is 2. The molecule has 0 N–H and O–H groups in total. The summed E-state index contributed by atoms with van der Waals surface area (Å²) in [6, 6.07) is 0. The van der Waals surface area contributed by atoms with Crippen LogP contribution >= 0.6 is 0 Å². The fraction of sp³-hybridized carbons (Fsp3) is 0.909. The van der Waals surface area contributed by atoms with Crippen LogP contribution in [-0.4, -0.2) is 25.8 Å². The molecular weight excluding hydrogens is 180 g/mol. The molecule has 2 rings (SSSR count). The molecule has 0 aromatic carbocycles. The lowest BCUT2D eigenvalue weighted by molar-refractivity contribution is -0.119. The highest BCUT2D eigenvalue weighted by Crippen LogP contribution is 2.53. The lowest BCUT2D eigenvalue weighted by Crippen LogP contribution is -2.25. The van der Waals surface area contributed by atoms with E-state index < -0.39 is 0 Å². The van der Waals surface area contributed by atoms with E-state index in [1.807, 2.05) is 0 Å². The van der Waals surface area contributed by atoms with E-state index in [0.717, 1.165) is 19.3 Å². The van der Waals surface area contributed by atoms with Crippen LogP contribution in [0.3, 0.4) is 0 Å². The van der Waals surface area contributed by atoms with Gasteiger partial charge in [0.15, 0.2) is 0 Å². The Bertz CT molecular complexity index is 239. The van der Waals surface area contributed by atoms with Gasteiger partial charge in [0.05, 0.1) is 6.10 Å². The molecule has 80 valence electrons. The number of ketones is 1. The molecule has 0 aliphatic heterocycles. The summed E-state index contributed by atoms with van der Waals surface area (Å²) in [5, 5.41) is 0. The molecule has 2 saturated carbocycles. The van der Waals surface area contributed by atoms with Gasteiger partial charge < -0.3 is 9.47 Å². The van der Waals surface area contributed by atoms with E-state index in [1.165, 1.54) is 0 Å². The number of carbonyl (C=O) groups is 1. The molecule has 0 heterocycles. The van der Waals surface area contributed by atoms with Crippen molar-refractivity contribution in [3.8, 4) is 0 Å². The van der Waals surface area contributed by atoms with Crippen molar-refractivity contribution in [1.29, 1.82) is 0 Å². The SMILES string of the molecule is COCOC1CC[C@@]2(C)CC(=O)C[C@@H]12. The summed E-state index contributed by atoms with van der Waals surface area (Å²) in [5.74, 6) is 0.841. The van der Waals surface area contributed by atoms with E-state index in [0.29, 0.717) is 24.9 Å². The van der Waals surface area contributed by atoms with Crippen LogP contribution in [0.25, 0.3) is 0 Å². The van der Waals surface area contributed by atoms with Crippen LogP contribution in [0.4, 0.5) is 0 Å². The average Bonchev–Trinajstić information content (AvgIpc) is 2.56. The van der Waals surface area contributed by atoms with Gasteiger partial charge in [-0.3, -0.25) is 4.79 Å². The van der Waals surface area contributed by atoms with Gasteiger partial charge in [0.25, 0.3) is 0 Å². The molecule has 14 heavy (non-hydrogen) atoms. The van der Waals surface area contributed by atoms with Gasteiger partial charge in [-0.25, -0.2) is 0 Å². The van der Waals surface area contributed by atoms with Crippen molar-refractivity contribution in [1.82, 2.24) is 0 Å². The van der Waals surface area contributed by atoms with Gasteiger partial charge in [0.2, 0.25) is 0 Å². The lowest BCUT2D eigenvalue weighted by Gasteiger charge is -2.25. The van der Waals surface area contributed by atoms with Crippen LogP contribution in [0.15, 0.2) is 0 Å². The molecule has 1 unspecified atom stereocenters. The highest BCUT2D eigenvalue weighted by molar-refractivity contribution is 5.82. The van der Waals surface area contributed by atoms with Gasteiger partial charge in [-0.2, -0.15) is 0 Å². The maximum absolute atomic E-state index is 11.4. The first-order chi connectivity index (χ1) is 6.65. The summed E-state index contributed by atoms with van der Waals surface area (Å²) in [5.41, 5.74) is 0.218. The number of fused-ring (bicyclic) bond motifs is 1. The van der Waals surface area contributed by atoms with Crippen molar-refractivity contribution in [3.05, 3.63) is 0 Å². The number of hydrogen-bond acceptors (Lipinski definition) is 3. The second-order valence-corrected chi connectivity index (χ2v) is 4.83. The molecule has 3 heteroatoms. The largest absolute Gasteiger partial charge is 0.359 e. The van der Waals surface area contributed by atoms with Crippen LogP contribution in [-0.2, 0) is 14.3 Å². The zero-order valence-electron chi connectivity index (χ0n) is 8.91. The fourth-order valence-corrected chi connectivity index (χ4v) is 3.03. The average molecular weight is 198 g/mol. The van der Waals surface area contributed by atoms with Crippen LogP contribution in [0.1, 0.15) is 32.6 Å². The third kappa shape index (κ3) is 1.59. The zero-order valence-corrected chi connectivity index (χ0v) is 8.91. The molecule has 0 amide bonds. The van der Waals surface area contributed by atoms with Gasteiger partial charge in [-0.05, 0) is 24.2 Å². The van der Waals surface area contributed by atoms with Gasteiger partial charge >= 0.3 is 0 Å². The molecule has 3 nitrogen and oxygen atoms in total. The highest BCUT2D eigenvalue weighted by Gasteiger charge is 2.51. The van der Waals surface area contributed by atoms with E-state index in [1.54, 1.807) is 7.11 Å². The lowest BCUT2D eigenvalue weighted by atomic mass is 9.82. The number of hydrogen-bond donors (Lipinski definition) is 0. The topological polar surface area (TPSA) is 35.5 Å². The van der Waals surface area contributed by atoms with Gasteiger partial charge in [-0.1, -0.05) is 6.92 Å². The van der Waals surface area contributed by atoms with Crippen LogP contribution in [0.2, 0.25) is 0 Å². The highest BCUT2D eigenvalue weighted by atomic mass is 16.7. The van der Waals surface area contributed by atoms with Crippen LogP contribution in [0.5, 0.6) is 0 Å². The number of Topliss-reactive ketones (excluding diaryl/α,β-unsaturated/α-hetero) is 1. The second-order valence-electron chi connectivity index (χ2n) is 4.83. The van der Waals surface area contributed by atoms with Crippen molar-refractivity contribution in [2.24, 2.45) is 11.3 Å². The fourth-order valence-electron chi connectivity index (χ4n) is 3.03. The second kappa shape index (κ2) is 3.63. The Labute approximate surface area is 84.8 Å². The summed E-state index contributed by atoms with van der Waals surface area (Å²) in [6.45, 7) is 2.57. The van der Waals surface area contributed by atoms with Crippen molar-refractivity contribution >= 4 is 5.78 Å². The summed E-state index contributed by atoms with van der Waals surface area (Å²) in [7, 11) is 1.63. The molecule has 2 fully saturated rings. The molecule has 3 atom stereocenters. The molecular formula is C11H18O3. The first kappa shape index (κ1) is 10.1. The maximum Gasteiger partial charge on any atom is 0.146 e. The van der Waals surface area contributed by atoms with E-state index in [4.69, 9.17) is 9.47 Å². The van der Waals surface area contributed by atoms with Crippen molar-refractivity contribution in [3.63, 3.8) is 0 Å². The normalized spacial score (nSPS) is 41.7. The third-order valence-electron chi connectivity index (χ3n) is 3.79. The van der Waals surface area contributed by atoms with Crippen molar-refractivity contribution < 1.29 is 14.3 Å². The summed E-state index contributed by atoms with van der Waals surface area (Å²) >= 11 is 0. The smallest absolute Gasteiger partial charge is 0.146 e. The van der Waals surface area contributed by atoms with Crippen LogP contribution < -0.4 is 0 Å². The standard InChI is InChI=1S/C11H18O3/c1-11-4-3-10(14-7-13-2)9(11)5-8(12)6-11/h9-10H,3-7H2,1-2H3/t9-,10?,11-/m0/s1. The quantitative estimate of drug-likeness (QED) is 0.648. The maximum atomic E-state index is 11.4. The zero-order chi connectivity index (χ0) is 10.2. The Morgan fingerprint density at radius 2 is 2.36 bits per heavy atom. The van der Waals surface area contributed by atoms with E-state index >= 15 is 0 Å². The Kier molecular flexibility index (Phi) is 2.62. The Morgan fingerprint density at radius 1 is 1.57 bits per heavy atom. The van der Waals surface area contributed by atoms with Crippen LogP contribution in [0, 0.1) is 11.3 Å². The molecule has 2 aliphatic carbocycles. The number of carbonyl (C=O) groups excluding carboxylic acids is 1. The Hall–Kier alpha value is -0.410. The first-order valence-corrected chi connectivity index (χ1v) is 5.28. The van der Waals surface area contributed by atoms with E-state index in [-0.39, 0.29) is 11.5 Å². The molecule has 0 saturated heterocycles. The summed E-state index contributed by atoms with van der Waals surface area (Å²) in [6.07, 6.45) is 3.91. The summed E-state index contributed by atoms with van der Waals surface area (Å²) in [4.78, 5) is 11.4. The van der Waals surface area contributed by atoms with Crippen molar-refractivity contribution in [2.75, 3.05) is 13.9 Å². The summed E-state index contributed by atoms with van der Waals surface area (Å²) < 4.78 is 10.5. The van der Waals surface area contributed by atoms with Crippen molar-refractivity contribution in [2.45, 2.75) is 38.7 Å². The predicted octanol–water partition coefficient (Wildman–Crippen LogP) is 1.75. The van der Waals surface area contributed by atoms with Gasteiger partial charge in [0, 0.05) is 20.0 Å². The molecule has 0 bridgehead atoms. The third-order valence-corrected chi connectivity index (χ3v) is 3.79. The van der Waals surface area contributed by atoms with Gasteiger partial charge in [0.1, 0.15) is 12.6 Å². The minimum absolute atomic E-state index is 0.218. The number of rotatable bonds is 3.